The lowest BCUT2D eigenvalue weighted by atomic mass is 10.2. The molecule has 4 nitrogen and oxygen atoms in total. The van der Waals surface area contributed by atoms with Crippen LogP contribution in [-0.2, 0) is 4.74 Å². The lowest BCUT2D eigenvalue weighted by Gasteiger charge is -2.26. The van der Waals surface area contributed by atoms with Gasteiger partial charge in [-0.2, -0.15) is 0 Å². The summed E-state index contributed by atoms with van der Waals surface area (Å²) in [6, 6.07) is 3.66. The van der Waals surface area contributed by atoms with E-state index in [0.717, 1.165) is 12.1 Å². The molecule has 0 N–H and O–H groups in total. The van der Waals surface area contributed by atoms with Crippen LogP contribution in [0, 0.1) is 0 Å². The highest BCUT2D eigenvalue weighted by atomic mass is 16.6. The molecule has 0 aliphatic rings. The Bertz CT molecular complexity index is 357. The van der Waals surface area contributed by atoms with E-state index in [-0.39, 0.29) is 6.09 Å². The molecule has 0 aliphatic heterocycles. The van der Waals surface area contributed by atoms with Gasteiger partial charge in [0.15, 0.2) is 0 Å². The summed E-state index contributed by atoms with van der Waals surface area (Å²) in [6.45, 7) is 8.23. The fourth-order valence-corrected chi connectivity index (χ4v) is 1.38. The Kier molecular flexibility index (Phi) is 4.49. The zero-order chi connectivity index (χ0) is 12.9. The van der Waals surface area contributed by atoms with Gasteiger partial charge in [0.25, 0.3) is 0 Å². The highest BCUT2D eigenvalue weighted by molar-refractivity contribution is 5.87. The average molecular weight is 236 g/mol. The molecule has 1 aromatic heterocycles. The van der Waals surface area contributed by atoms with E-state index in [0.29, 0.717) is 6.54 Å². The summed E-state index contributed by atoms with van der Waals surface area (Å²) in [5.41, 5.74) is 0.286. The van der Waals surface area contributed by atoms with Crippen LogP contribution in [0.3, 0.4) is 0 Å². The van der Waals surface area contributed by atoms with E-state index in [4.69, 9.17) is 4.74 Å². The molecule has 0 unspecified atom stereocenters. The predicted octanol–water partition coefficient (Wildman–Crippen LogP) is 3.23. The maximum absolute atomic E-state index is 12.0. The van der Waals surface area contributed by atoms with Crippen molar-refractivity contribution in [2.24, 2.45) is 0 Å². The number of ether oxygens (including phenoxy) is 1. The van der Waals surface area contributed by atoms with E-state index in [1.54, 1.807) is 17.3 Å². The Morgan fingerprint density at radius 3 is 2.65 bits per heavy atom. The minimum atomic E-state index is -0.481. The quantitative estimate of drug-likeness (QED) is 0.809. The second-order valence-electron chi connectivity index (χ2n) is 4.84. The van der Waals surface area contributed by atoms with Crippen molar-refractivity contribution >= 4 is 11.8 Å². The number of carbonyl (C=O) groups excluding carboxylic acids is 1. The number of rotatable bonds is 3. The van der Waals surface area contributed by atoms with Gasteiger partial charge < -0.3 is 4.74 Å². The van der Waals surface area contributed by atoms with Gasteiger partial charge >= 0.3 is 6.09 Å². The molecule has 0 spiro atoms. The first-order chi connectivity index (χ1) is 7.94. The second kappa shape index (κ2) is 5.66. The highest BCUT2D eigenvalue weighted by Crippen LogP contribution is 2.17. The molecule has 0 fully saturated rings. The topological polar surface area (TPSA) is 42.4 Å². The van der Waals surface area contributed by atoms with Crippen molar-refractivity contribution in [1.29, 1.82) is 0 Å². The van der Waals surface area contributed by atoms with E-state index in [1.165, 1.54) is 0 Å². The average Bonchev–Trinajstić information content (AvgIpc) is 2.24. The van der Waals surface area contributed by atoms with E-state index in [9.17, 15) is 4.79 Å². The lowest BCUT2D eigenvalue weighted by Crippen LogP contribution is -2.37. The summed E-state index contributed by atoms with van der Waals surface area (Å²) in [6.07, 6.45) is 3.89. The largest absolute Gasteiger partial charge is 0.443 e. The normalized spacial score (nSPS) is 11.1. The summed E-state index contributed by atoms with van der Waals surface area (Å²) in [7, 11) is 0. The first-order valence-corrected chi connectivity index (χ1v) is 5.84. The number of pyridine rings is 1. The minimum absolute atomic E-state index is 0.327. The molecule has 1 amide bonds. The minimum Gasteiger partial charge on any atom is -0.443 e. The Labute approximate surface area is 103 Å². The smallest absolute Gasteiger partial charge is 0.414 e. The van der Waals surface area contributed by atoms with Crippen molar-refractivity contribution in [3.8, 4) is 0 Å². The van der Waals surface area contributed by atoms with E-state index < -0.39 is 5.60 Å². The maximum Gasteiger partial charge on any atom is 0.414 e. The van der Waals surface area contributed by atoms with Crippen LogP contribution in [0.15, 0.2) is 24.5 Å². The van der Waals surface area contributed by atoms with Gasteiger partial charge in [-0.25, -0.2) is 4.79 Å². The van der Waals surface area contributed by atoms with E-state index >= 15 is 0 Å². The summed E-state index contributed by atoms with van der Waals surface area (Å²) in [5.74, 6) is 0. The Balaban J connectivity index is 2.83. The summed E-state index contributed by atoms with van der Waals surface area (Å²) >= 11 is 0. The molecule has 0 atom stereocenters. The van der Waals surface area contributed by atoms with Gasteiger partial charge in [-0.1, -0.05) is 6.92 Å². The van der Waals surface area contributed by atoms with Crippen molar-refractivity contribution in [3.63, 3.8) is 0 Å². The van der Waals surface area contributed by atoms with Crippen molar-refractivity contribution in [1.82, 2.24) is 4.98 Å². The number of amides is 1. The van der Waals surface area contributed by atoms with Crippen LogP contribution in [0.2, 0.25) is 0 Å². The molecule has 4 heteroatoms. The van der Waals surface area contributed by atoms with Gasteiger partial charge in [0, 0.05) is 12.7 Å². The first kappa shape index (κ1) is 13.5. The van der Waals surface area contributed by atoms with Crippen LogP contribution >= 0.6 is 0 Å². The summed E-state index contributed by atoms with van der Waals surface area (Å²) in [4.78, 5) is 17.7. The zero-order valence-electron chi connectivity index (χ0n) is 10.9. The molecule has 0 radical (unpaired) electrons. The van der Waals surface area contributed by atoms with Gasteiger partial charge in [0.05, 0.1) is 11.9 Å². The molecule has 0 saturated heterocycles. The Hall–Kier alpha value is -1.58. The van der Waals surface area contributed by atoms with Gasteiger partial charge in [0.1, 0.15) is 5.60 Å². The zero-order valence-corrected chi connectivity index (χ0v) is 10.9. The molecule has 0 aliphatic carbocycles. The molecular formula is C13H20N2O2. The second-order valence-corrected chi connectivity index (χ2v) is 4.84. The van der Waals surface area contributed by atoms with Crippen LogP contribution in [-0.4, -0.2) is 23.2 Å². The van der Waals surface area contributed by atoms with Crippen molar-refractivity contribution < 1.29 is 9.53 Å². The molecule has 1 heterocycles. The monoisotopic (exact) mass is 236 g/mol. The van der Waals surface area contributed by atoms with E-state index in [1.807, 2.05) is 39.8 Å². The molecular weight excluding hydrogens is 216 g/mol. The molecule has 1 aromatic rings. The van der Waals surface area contributed by atoms with Gasteiger partial charge in [0.2, 0.25) is 0 Å². The fourth-order valence-electron chi connectivity index (χ4n) is 1.38. The number of carbonyl (C=O) groups is 1. The van der Waals surface area contributed by atoms with Crippen LogP contribution in [0.25, 0.3) is 0 Å². The van der Waals surface area contributed by atoms with Gasteiger partial charge in [-0.15, -0.1) is 0 Å². The maximum atomic E-state index is 12.0. The first-order valence-electron chi connectivity index (χ1n) is 5.84. The lowest BCUT2D eigenvalue weighted by molar-refractivity contribution is 0.0580. The Morgan fingerprint density at radius 2 is 2.18 bits per heavy atom. The number of hydrogen-bond donors (Lipinski definition) is 0. The van der Waals surface area contributed by atoms with Crippen LogP contribution < -0.4 is 4.90 Å². The third-order valence-corrected chi connectivity index (χ3v) is 2.02. The van der Waals surface area contributed by atoms with Crippen LogP contribution in [0.4, 0.5) is 10.5 Å². The van der Waals surface area contributed by atoms with Crippen LogP contribution in [0.1, 0.15) is 34.1 Å². The Morgan fingerprint density at radius 1 is 1.47 bits per heavy atom. The number of aromatic nitrogens is 1. The number of anilines is 1. The molecule has 1 rings (SSSR count). The molecule has 94 valence electrons. The van der Waals surface area contributed by atoms with Crippen molar-refractivity contribution in [3.05, 3.63) is 24.5 Å². The fraction of sp³-hybridized carbons (Fsp3) is 0.538. The molecule has 17 heavy (non-hydrogen) atoms. The SMILES string of the molecule is CCCN(C(=O)OC(C)(C)C)c1cccnc1. The van der Waals surface area contributed by atoms with Gasteiger partial charge in [-0.05, 0) is 39.3 Å². The standard InChI is InChI=1S/C13H20N2O2/c1-5-9-15(11-7-6-8-14-10-11)12(16)17-13(2,3)4/h6-8,10H,5,9H2,1-4H3. The van der Waals surface area contributed by atoms with E-state index in [2.05, 4.69) is 4.98 Å². The summed E-state index contributed by atoms with van der Waals surface area (Å²) < 4.78 is 5.37. The number of hydrogen-bond acceptors (Lipinski definition) is 3. The molecule has 0 bridgehead atoms. The predicted molar refractivity (Wildman–Crippen MR) is 68.1 cm³/mol. The van der Waals surface area contributed by atoms with Crippen molar-refractivity contribution in [2.45, 2.75) is 39.7 Å². The van der Waals surface area contributed by atoms with Crippen molar-refractivity contribution in [2.75, 3.05) is 11.4 Å². The third kappa shape index (κ3) is 4.43. The van der Waals surface area contributed by atoms with Gasteiger partial charge in [-0.3, -0.25) is 9.88 Å². The molecule has 0 saturated carbocycles. The number of nitrogens with zero attached hydrogens (tertiary/aromatic N) is 2. The molecule has 0 aromatic carbocycles. The summed E-state index contributed by atoms with van der Waals surface area (Å²) in [5, 5.41) is 0. The van der Waals surface area contributed by atoms with Crippen LogP contribution in [0.5, 0.6) is 0 Å². The highest BCUT2D eigenvalue weighted by Gasteiger charge is 2.22. The third-order valence-electron chi connectivity index (χ3n) is 2.02.